The van der Waals surface area contributed by atoms with Gasteiger partial charge < -0.3 is 14.8 Å². The van der Waals surface area contributed by atoms with Crippen molar-refractivity contribution in [1.82, 2.24) is 15.2 Å². The van der Waals surface area contributed by atoms with Gasteiger partial charge in [0.25, 0.3) is 0 Å². The maximum Gasteiger partial charge on any atom is 0.309 e. The molecule has 0 aliphatic rings. The number of rotatable bonds is 5. The Labute approximate surface area is 120 Å². The smallest absolute Gasteiger partial charge is 0.309 e. The van der Waals surface area contributed by atoms with E-state index >= 15 is 0 Å². The fraction of sp³-hybridized carbons (Fsp3) is 0.308. The van der Waals surface area contributed by atoms with Gasteiger partial charge in [-0.05, 0) is 6.07 Å². The van der Waals surface area contributed by atoms with Gasteiger partial charge in [-0.2, -0.15) is 0 Å². The number of esters is 2. The Morgan fingerprint density at radius 2 is 2.00 bits per heavy atom. The van der Waals surface area contributed by atoms with Crippen molar-refractivity contribution in [1.29, 1.82) is 0 Å². The van der Waals surface area contributed by atoms with Crippen LogP contribution < -0.4 is 10.1 Å². The fourth-order valence-corrected chi connectivity index (χ4v) is 1.68. The summed E-state index contributed by atoms with van der Waals surface area (Å²) in [5.41, 5.74) is 0. The SMILES string of the molecule is CC(=O)OCCNc1nnc(OC(C)=O)c2ccncc12. The lowest BCUT2D eigenvalue weighted by atomic mass is 10.2. The molecule has 0 bridgehead atoms. The van der Waals surface area contributed by atoms with Crippen LogP contribution in [0, 0.1) is 0 Å². The highest BCUT2D eigenvalue weighted by Crippen LogP contribution is 2.26. The Kier molecular flexibility index (Phi) is 4.60. The molecule has 0 aliphatic heterocycles. The van der Waals surface area contributed by atoms with Gasteiger partial charge in [0.05, 0.1) is 11.9 Å². The molecule has 1 N–H and O–H groups in total. The molecule has 2 heterocycles. The molecule has 0 atom stereocenters. The molecule has 2 aromatic heterocycles. The van der Waals surface area contributed by atoms with Crippen LogP contribution in [0.15, 0.2) is 18.5 Å². The summed E-state index contributed by atoms with van der Waals surface area (Å²) in [5, 5.41) is 12.1. The highest BCUT2D eigenvalue weighted by molar-refractivity contribution is 5.94. The molecule has 0 unspecified atom stereocenters. The van der Waals surface area contributed by atoms with Gasteiger partial charge in [-0.15, -0.1) is 10.2 Å². The molecule has 0 amide bonds. The van der Waals surface area contributed by atoms with Gasteiger partial charge >= 0.3 is 11.9 Å². The Morgan fingerprint density at radius 3 is 2.71 bits per heavy atom. The molecule has 0 aromatic carbocycles. The van der Waals surface area contributed by atoms with E-state index < -0.39 is 5.97 Å². The lowest BCUT2D eigenvalue weighted by molar-refractivity contribution is -0.140. The van der Waals surface area contributed by atoms with Crippen molar-refractivity contribution in [2.75, 3.05) is 18.5 Å². The number of pyridine rings is 1. The van der Waals surface area contributed by atoms with E-state index in [-0.39, 0.29) is 18.5 Å². The van der Waals surface area contributed by atoms with E-state index in [1.165, 1.54) is 13.8 Å². The minimum atomic E-state index is -0.474. The first kappa shape index (κ1) is 14.6. The van der Waals surface area contributed by atoms with Crippen LogP contribution in [-0.4, -0.2) is 40.3 Å². The zero-order valence-electron chi connectivity index (χ0n) is 11.6. The largest absolute Gasteiger partial charge is 0.464 e. The highest BCUT2D eigenvalue weighted by Gasteiger charge is 2.11. The summed E-state index contributed by atoms with van der Waals surface area (Å²) in [6.07, 6.45) is 3.16. The number of hydrogen-bond donors (Lipinski definition) is 1. The number of nitrogens with one attached hydrogen (secondary N) is 1. The summed E-state index contributed by atoms with van der Waals surface area (Å²) in [6.45, 7) is 3.22. The van der Waals surface area contributed by atoms with Crippen molar-refractivity contribution in [3.63, 3.8) is 0 Å². The average molecular weight is 290 g/mol. The Hall–Kier alpha value is -2.77. The van der Waals surface area contributed by atoms with Gasteiger partial charge in [0.15, 0.2) is 5.82 Å². The maximum atomic E-state index is 11.0. The lowest BCUT2D eigenvalue weighted by Gasteiger charge is -2.09. The van der Waals surface area contributed by atoms with E-state index in [2.05, 4.69) is 20.5 Å². The minimum Gasteiger partial charge on any atom is -0.464 e. The standard InChI is InChI=1S/C13H14N4O4/c1-8(18)20-6-5-15-12-11-7-14-4-3-10(11)13(17-16-12)21-9(2)19/h3-4,7H,5-6H2,1-2H3,(H,15,16). The molecule has 0 fully saturated rings. The van der Waals surface area contributed by atoms with Crippen LogP contribution in [0.3, 0.4) is 0 Å². The third-order valence-corrected chi connectivity index (χ3v) is 2.49. The first-order valence-electron chi connectivity index (χ1n) is 6.24. The van der Waals surface area contributed by atoms with E-state index in [9.17, 15) is 9.59 Å². The second-order valence-electron chi connectivity index (χ2n) is 4.14. The minimum absolute atomic E-state index is 0.130. The van der Waals surface area contributed by atoms with Gasteiger partial charge in [-0.25, -0.2) is 0 Å². The van der Waals surface area contributed by atoms with E-state index in [1.807, 2.05) is 0 Å². The number of ether oxygens (including phenoxy) is 2. The molecule has 2 rings (SSSR count). The molecule has 0 saturated heterocycles. The van der Waals surface area contributed by atoms with Crippen LogP contribution in [-0.2, 0) is 14.3 Å². The summed E-state index contributed by atoms with van der Waals surface area (Å²) in [4.78, 5) is 25.7. The molecule has 110 valence electrons. The molecular formula is C13H14N4O4. The van der Waals surface area contributed by atoms with E-state index in [0.717, 1.165) is 0 Å². The molecule has 8 nitrogen and oxygen atoms in total. The van der Waals surface area contributed by atoms with Gasteiger partial charge in [0.2, 0.25) is 5.88 Å². The molecule has 0 aliphatic carbocycles. The fourth-order valence-electron chi connectivity index (χ4n) is 1.68. The van der Waals surface area contributed by atoms with Gasteiger partial charge in [0.1, 0.15) is 6.61 Å². The van der Waals surface area contributed by atoms with Crippen molar-refractivity contribution in [3.05, 3.63) is 18.5 Å². The number of nitrogens with zero attached hydrogens (tertiary/aromatic N) is 3. The Bertz CT molecular complexity index is 674. The van der Waals surface area contributed by atoms with Gasteiger partial charge in [-0.3, -0.25) is 14.6 Å². The van der Waals surface area contributed by atoms with Crippen molar-refractivity contribution >= 4 is 28.5 Å². The van der Waals surface area contributed by atoms with Crippen LogP contribution in [0.1, 0.15) is 13.8 Å². The van der Waals surface area contributed by atoms with Crippen molar-refractivity contribution in [2.45, 2.75) is 13.8 Å². The summed E-state index contributed by atoms with van der Waals surface area (Å²) >= 11 is 0. The normalized spacial score (nSPS) is 10.2. The zero-order chi connectivity index (χ0) is 15.2. The molecule has 0 saturated carbocycles. The number of carbonyl (C=O) groups is 2. The van der Waals surface area contributed by atoms with E-state index in [1.54, 1.807) is 18.5 Å². The van der Waals surface area contributed by atoms with Gasteiger partial charge in [0, 0.05) is 31.6 Å². The van der Waals surface area contributed by atoms with Crippen LogP contribution in [0.25, 0.3) is 10.8 Å². The summed E-state index contributed by atoms with van der Waals surface area (Å²) in [6, 6.07) is 1.68. The third kappa shape index (κ3) is 3.85. The third-order valence-electron chi connectivity index (χ3n) is 2.49. The molecule has 8 heteroatoms. The Balaban J connectivity index is 2.21. The molecule has 0 spiro atoms. The van der Waals surface area contributed by atoms with Crippen LogP contribution in [0.2, 0.25) is 0 Å². The Morgan fingerprint density at radius 1 is 1.19 bits per heavy atom. The predicted molar refractivity (Wildman–Crippen MR) is 73.8 cm³/mol. The van der Waals surface area contributed by atoms with Crippen LogP contribution in [0.5, 0.6) is 5.88 Å². The lowest BCUT2D eigenvalue weighted by Crippen LogP contribution is -2.13. The molecule has 2 aromatic rings. The van der Waals surface area contributed by atoms with Crippen LogP contribution >= 0.6 is 0 Å². The molecular weight excluding hydrogens is 276 g/mol. The quantitative estimate of drug-likeness (QED) is 0.640. The monoisotopic (exact) mass is 290 g/mol. The number of carbonyl (C=O) groups excluding carboxylic acids is 2. The average Bonchev–Trinajstić information content (AvgIpc) is 2.44. The van der Waals surface area contributed by atoms with Gasteiger partial charge in [-0.1, -0.05) is 0 Å². The van der Waals surface area contributed by atoms with E-state index in [0.29, 0.717) is 23.1 Å². The number of hydrogen-bond acceptors (Lipinski definition) is 8. The zero-order valence-corrected chi connectivity index (χ0v) is 11.6. The van der Waals surface area contributed by atoms with Crippen molar-refractivity contribution < 1.29 is 19.1 Å². The molecule has 0 radical (unpaired) electrons. The summed E-state index contributed by atoms with van der Waals surface area (Å²) in [7, 11) is 0. The van der Waals surface area contributed by atoms with E-state index in [4.69, 9.17) is 9.47 Å². The second kappa shape index (κ2) is 6.60. The number of aromatic nitrogens is 3. The van der Waals surface area contributed by atoms with Crippen LogP contribution in [0.4, 0.5) is 5.82 Å². The maximum absolute atomic E-state index is 11.0. The molecule has 21 heavy (non-hydrogen) atoms. The number of fused-ring (bicyclic) bond motifs is 1. The summed E-state index contributed by atoms with van der Waals surface area (Å²) in [5.74, 6) is -0.218. The first-order valence-corrected chi connectivity index (χ1v) is 6.24. The number of anilines is 1. The first-order chi connectivity index (χ1) is 10.1. The van der Waals surface area contributed by atoms with Crippen molar-refractivity contribution in [3.8, 4) is 5.88 Å². The predicted octanol–water partition coefficient (Wildman–Crippen LogP) is 0.925. The summed E-state index contributed by atoms with van der Waals surface area (Å²) < 4.78 is 9.82. The highest BCUT2D eigenvalue weighted by atomic mass is 16.5. The second-order valence-corrected chi connectivity index (χ2v) is 4.14. The van der Waals surface area contributed by atoms with Crippen molar-refractivity contribution in [2.24, 2.45) is 0 Å². The topological polar surface area (TPSA) is 103 Å².